The minimum absolute atomic E-state index is 0.224. The number of esters is 1. The van der Waals surface area contributed by atoms with Crippen LogP contribution < -0.4 is 15.5 Å². The van der Waals surface area contributed by atoms with E-state index in [4.69, 9.17) is 4.74 Å². The monoisotopic (exact) mass is 511 g/mol. The van der Waals surface area contributed by atoms with E-state index in [1.54, 1.807) is 30.3 Å². The summed E-state index contributed by atoms with van der Waals surface area (Å²) in [6, 6.07) is 17.0. The predicted molar refractivity (Wildman–Crippen MR) is 125 cm³/mol. The van der Waals surface area contributed by atoms with Crippen molar-refractivity contribution in [3.05, 3.63) is 99.3 Å². The third kappa shape index (κ3) is 6.81. The molecule has 2 amide bonds. The van der Waals surface area contributed by atoms with Crippen molar-refractivity contribution >= 4 is 39.9 Å². The Kier molecular flexibility index (Phi) is 8.04. The summed E-state index contributed by atoms with van der Waals surface area (Å²) < 4.78 is 19.2. The Labute approximate surface area is 197 Å². The van der Waals surface area contributed by atoms with Crippen LogP contribution in [0.2, 0.25) is 0 Å². The number of benzene rings is 3. The first-order valence-electron chi connectivity index (χ1n) is 9.76. The lowest BCUT2D eigenvalue weighted by Crippen LogP contribution is -2.34. The van der Waals surface area contributed by atoms with E-state index in [0.29, 0.717) is 11.1 Å². The molecule has 7 nitrogen and oxygen atoms in total. The average Bonchev–Trinajstić information content (AvgIpc) is 2.80. The number of amides is 2. The van der Waals surface area contributed by atoms with E-state index in [1.807, 2.05) is 19.1 Å². The fourth-order valence-electron chi connectivity index (χ4n) is 2.75. The van der Waals surface area contributed by atoms with Crippen LogP contribution >= 0.6 is 15.9 Å². The van der Waals surface area contributed by atoms with Crippen LogP contribution in [0, 0.1) is 12.7 Å². The van der Waals surface area contributed by atoms with Crippen LogP contribution in [-0.4, -0.2) is 30.5 Å². The Balaban J connectivity index is 1.60. The first-order chi connectivity index (χ1) is 15.8. The van der Waals surface area contributed by atoms with Gasteiger partial charge in [-0.2, -0.15) is 5.10 Å². The highest BCUT2D eigenvalue weighted by Gasteiger charge is 2.13. The van der Waals surface area contributed by atoms with Gasteiger partial charge in [-0.3, -0.25) is 9.59 Å². The van der Waals surface area contributed by atoms with Crippen LogP contribution in [0.3, 0.4) is 0 Å². The minimum atomic E-state index is -0.574. The summed E-state index contributed by atoms with van der Waals surface area (Å²) in [7, 11) is 0. The second kappa shape index (κ2) is 11.1. The van der Waals surface area contributed by atoms with Crippen molar-refractivity contribution in [3.8, 4) is 5.75 Å². The largest absolute Gasteiger partial charge is 0.422 e. The van der Waals surface area contributed by atoms with Crippen molar-refractivity contribution in [1.82, 2.24) is 10.7 Å². The summed E-state index contributed by atoms with van der Waals surface area (Å²) in [4.78, 5) is 36.5. The number of halogens is 2. The molecule has 0 unspecified atom stereocenters. The third-order valence-electron chi connectivity index (χ3n) is 4.45. The zero-order chi connectivity index (χ0) is 23.8. The van der Waals surface area contributed by atoms with Gasteiger partial charge in [-0.05, 0) is 61.0 Å². The van der Waals surface area contributed by atoms with E-state index in [-0.39, 0.29) is 17.9 Å². The smallest absolute Gasteiger partial charge is 0.343 e. The molecule has 168 valence electrons. The highest BCUT2D eigenvalue weighted by atomic mass is 79.9. The van der Waals surface area contributed by atoms with Crippen molar-refractivity contribution in [1.29, 1.82) is 0 Å². The quantitative estimate of drug-likeness (QED) is 0.217. The first kappa shape index (κ1) is 23.8. The van der Waals surface area contributed by atoms with Crippen LogP contribution in [0.1, 0.15) is 31.8 Å². The minimum Gasteiger partial charge on any atom is -0.422 e. The Hall–Kier alpha value is -3.85. The Bertz CT molecular complexity index is 1210. The number of carbonyl (C=O) groups excluding carboxylic acids is 3. The van der Waals surface area contributed by atoms with E-state index in [2.05, 4.69) is 31.8 Å². The van der Waals surface area contributed by atoms with Crippen molar-refractivity contribution in [2.45, 2.75) is 6.92 Å². The number of nitrogens with zero attached hydrogens (tertiary/aromatic N) is 1. The molecular weight excluding hydrogens is 493 g/mol. The van der Waals surface area contributed by atoms with Gasteiger partial charge in [-0.15, -0.1) is 0 Å². The number of hydrazone groups is 1. The molecule has 3 aromatic carbocycles. The van der Waals surface area contributed by atoms with Crippen LogP contribution in [0.5, 0.6) is 5.75 Å². The summed E-state index contributed by atoms with van der Waals surface area (Å²) in [5.74, 6) is -1.82. The number of ether oxygens (including phenoxy) is 1. The van der Waals surface area contributed by atoms with Gasteiger partial charge in [0.25, 0.3) is 11.8 Å². The van der Waals surface area contributed by atoms with E-state index >= 15 is 0 Å². The average molecular weight is 512 g/mol. The summed E-state index contributed by atoms with van der Waals surface area (Å²) in [5, 5.41) is 6.28. The van der Waals surface area contributed by atoms with Gasteiger partial charge in [-0.1, -0.05) is 34.1 Å². The maximum atomic E-state index is 12.9. The van der Waals surface area contributed by atoms with Crippen molar-refractivity contribution in [3.63, 3.8) is 0 Å². The zero-order valence-electron chi connectivity index (χ0n) is 17.5. The van der Waals surface area contributed by atoms with Crippen LogP contribution in [0.4, 0.5) is 4.39 Å². The van der Waals surface area contributed by atoms with E-state index in [9.17, 15) is 18.8 Å². The van der Waals surface area contributed by atoms with Gasteiger partial charge in [0.15, 0.2) is 0 Å². The highest BCUT2D eigenvalue weighted by Crippen LogP contribution is 2.23. The molecule has 0 aliphatic heterocycles. The topological polar surface area (TPSA) is 96.9 Å². The van der Waals surface area contributed by atoms with Crippen LogP contribution in [0.15, 0.2) is 76.3 Å². The number of hydrogen-bond donors (Lipinski definition) is 2. The molecular formula is C24H19BrFN3O4. The normalized spacial score (nSPS) is 10.6. The van der Waals surface area contributed by atoms with Crippen molar-refractivity contribution in [2.75, 3.05) is 6.54 Å². The second-order valence-corrected chi connectivity index (χ2v) is 7.79. The van der Waals surface area contributed by atoms with Crippen molar-refractivity contribution in [2.24, 2.45) is 5.10 Å². The van der Waals surface area contributed by atoms with Crippen LogP contribution in [0.25, 0.3) is 0 Å². The fourth-order valence-corrected chi connectivity index (χ4v) is 3.13. The number of hydrogen-bond acceptors (Lipinski definition) is 5. The highest BCUT2D eigenvalue weighted by molar-refractivity contribution is 9.10. The zero-order valence-corrected chi connectivity index (χ0v) is 19.1. The summed E-state index contributed by atoms with van der Waals surface area (Å²) in [5.41, 5.74) is 4.18. The molecule has 2 N–H and O–H groups in total. The molecule has 33 heavy (non-hydrogen) atoms. The van der Waals surface area contributed by atoms with Gasteiger partial charge < -0.3 is 10.1 Å². The lowest BCUT2D eigenvalue weighted by Gasteiger charge is -2.09. The number of carbonyl (C=O) groups is 3. The van der Waals surface area contributed by atoms with E-state index in [0.717, 1.165) is 22.2 Å². The Morgan fingerprint density at radius 3 is 2.52 bits per heavy atom. The molecule has 0 bridgehead atoms. The lowest BCUT2D eigenvalue weighted by molar-refractivity contribution is -0.120. The summed E-state index contributed by atoms with van der Waals surface area (Å²) in [6.45, 7) is 1.48. The second-order valence-electron chi connectivity index (χ2n) is 6.87. The van der Waals surface area contributed by atoms with Gasteiger partial charge in [0.2, 0.25) is 0 Å². The van der Waals surface area contributed by atoms with Gasteiger partial charge in [0, 0.05) is 15.6 Å². The van der Waals surface area contributed by atoms with Crippen LogP contribution in [-0.2, 0) is 4.79 Å². The molecule has 0 atom stereocenters. The molecule has 0 saturated carbocycles. The maximum Gasteiger partial charge on any atom is 0.343 e. The molecule has 9 heteroatoms. The molecule has 0 radical (unpaired) electrons. The first-order valence-corrected chi connectivity index (χ1v) is 10.6. The van der Waals surface area contributed by atoms with Gasteiger partial charge in [0.05, 0.1) is 18.3 Å². The molecule has 0 spiro atoms. The molecule has 0 saturated heterocycles. The molecule has 3 aromatic rings. The molecule has 3 rings (SSSR count). The van der Waals surface area contributed by atoms with Gasteiger partial charge in [0.1, 0.15) is 11.6 Å². The SMILES string of the molecule is Cc1ccccc1C(=O)Oc1ccc(Br)cc1/C=N\NC(=O)CNC(=O)c1ccc(F)cc1. The van der Waals surface area contributed by atoms with Gasteiger partial charge in [-0.25, -0.2) is 14.6 Å². The lowest BCUT2D eigenvalue weighted by atomic mass is 10.1. The molecule has 0 aliphatic rings. The number of nitrogens with one attached hydrogen (secondary N) is 2. The maximum absolute atomic E-state index is 12.9. The number of rotatable bonds is 7. The molecule has 0 aromatic heterocycles. The third-order valence-corrected chi connectivity index (χ3v) is 4.94. The number of aryl methyl sites for hydroxylation is 1. The van der Waals surface area contributed by atoms with Gasteiger partial charge >= 0.3 is 5.97 Å². The molecule has 0 fully saturated rings. The van der Waals surface area contributed by atoms with E-state index in [1.165, 1.54) is 18.3 Å². The Morgan fingerprint density at radius 2 is 1.79 bits per heavy atom. The Morgan fingerprint density at radius 1 is 1.06 bits per heavy atom. The fraction of sp³-hybridized carbons (Fsp3) is 0.0833. The summed E-state index contributed by atoms with van der Waals surface area (Å²) >= 11 is 3.35. The molecule has 0 aliphatic carbocycles. The standard InChI is InChI=1S/C24H19BrFN3O4/c1-15-4-2-3-5-20(15)24(32)33-21-11-8-18(25)12-17(21)13-28-29-22(30)14-27-23(31)16-6-9-19(26)10-7-16/h2-13H,14H2,1H3,(H,27,31)(H,29,30)/b28-13-. The van der Waals surface area contributed by atoms with E-state index < -0.39 is 23.6 Å². The summed E-state index contributed by atoms with van der Waals surface area (Å²) in [6.07, 6.45) is 1.32. The molecule has 0 heterocycles. The predicted octanol–water partition coefficient (Wildman–Crippen LogP) is 4.00. The van der Waals surface area contributed by atoms with Crippen molar-refractivity contribution < 1.29 is 23.5 Å².